The van der Waals surface area contributed by atoms with Gasteiger partial charge in [-0.3, -0.25) is 14.5 Å². The number of imidazole rings is 1. The summed E-state index contributed by atoms with van der Waals surface area (Å²) in [6.45, 7) is 3.36. The van der Waals surface area contributed by atoms with Gasteiger partial charge in [-0.25, -0.2) is 4.98 Å². The van der Waals surface area contributed by atoms with E-state index in [1.165, 1.54) is 0 Å². The summed E-state index contributed by atoms with van der Waals surface area (Å²) in [4.78, 5) is 16.3. The predicted molar refractivity (Wildman–Crippen MR) is 104 cm³/mol. The average Bonchev–Trinajstić information content (AvgIpc) is 2.81. The SMILES string of the molecule is Cc1nc(CN(C)C)n2c1CN=C(c1ccccn1)c1cc(Cl)ccc1-2. The largest absolute Gasteiger partial charge is 0.302 e. The fourth-order valence-electron chi connectivity index (χ4n) is 3.34. The number of hydrogen-bond donors (Lipinski definition) is 0. The summed E-state index contributed by atoms with van der Waals surface area (Å²) in [6, 6.07) is 11.8. The number of fused-ring (bicyclic) bond motifs is 3. The highest BCUT2D eigenvalue weighted by molar-refractivity contribution is 6.31. The van der Waals surface area contributed by atoms with E-state index in [2.05, 4.69) is 14.5 Å². The van der Waals surface area contributed by atoms with Gasteiger partial charge in [0.1, 0.15) is 5.82 Å². The van der Waals surface area contributed by atoms with Crippen LogP contribution < -0.4 is 0 Å². The fourth-order valence-corrected chi connectivity index (χ4v) is 3.51. The third-order valence-corrected chi connectivity index (χ3v) is 4.68. The van der Waals surface area contributed by atoms with E-state index in [0.29, 0.717) is 11.6 Å². The maximum Gasteiger partial charge on any atom is 0.128 e. The molecule has 1 aliphatic rings. The molecule has 3 heterocycles. The molecule has 0 bridgehead atoms. The number of rotatable bonds is 3. The minimum atomic E-state index is 0.560. The van der Waals surface area contributed by atoms with Crippen LogP contribution in [0.2, 0.25) is 5.02 Å². The molecule has 1 aromatic carbocycles. The van der Waals surface area contributed by atoms with Gasteiger partial charge in [0.25, 0.3) is 0 Å². The fraction of sp³-hybridized carbons (Fsp3) is 0.250. The van der Waals surface area contributed by atoms with E-state index in [0.717, 1.165) is 46.4 Å². The lowest BCUT2D eigenvalue weighted by molar-refractivity contribution is 0.387. The minimum Gasteiger partial charge on any atom is -0.302 e. The molecule has 0 saturated carbocycles. The number of hydrogen-bond acceptors (Lipinski definition) is 4. The number of benzene rings is 1. The van der Waals surface area contributed by atoms with Gasteiger partial charge in [0.2, 0.25) is 0 Å². The molecule has 4 rings (SSSR count). The summed E-state index contributed by atoms with van der Waals surface area (Å²) in [6.07, 6.45) is 1.79. The zero-order chi connectivity index (χ0) is 18.3. The molecule has 0 amide bonds. The summed E-state index contributed by atoms with van der Waals surface area (Å²) in [5, 5.41) is 0.682. The molecule has 0 spiro atoms. The summed E-state index contributed by atoms with van der Waals surface area (Å²) in [5.74, 6) is 1.00. The monoisotopic (exact) mass is 365 g/mol. The summed E-state index contributed by atoms with van der Waals surface area (Å²) >= 11 is 6.33. The molecular formula is C20H20ClN5. The van der Waals surface area contributed by atoms with Crippen molar-refractivity contribution in [3.05, 3.63) is 76.1 Å². The topological polar surface area (TPSA) is 46.3 Å². The van der Waals surface area contributed by atoms with E-state index >= 15 is 0 Å². The van der Waals surface area contributed by atoms with E-state index < -0.39 is 0 Å². The lowest BCUT2D eigenvalue weighted by Gasteiger charge is -2.16. The molecule has 6 heteroatoms. The molecule has 132 valence electrons. The Morgan fingerprint density at radius 1 is 1.19 bits per heavy atom. The van der Waals surface area contributed by atoms with Gasteiger partial charge in [-0.15, -0.1) is 0 Å². The van der Waals surface area contributed by atoms with Gasteiger partial charge in [-0.1, -0.05) is 17.7 Å². The van der Waals surface area contributed by atoms with Crippen molar-refractivity contribution in [2.24, 2.45) is 4.99 Å². The summed E-state index contributed by atoms with van der Waals surface area (Å²) < 4.78 is 2.22. The molecule has 1 aliphatic heterocycles. The van der Waals surface area contributed by atoms with Gasteiger partial charge in [-0.05, 0) is 51.4 Å². The Morgan fingerprint density at radius 3 is 2.77 bits per heavy atom. The molecule has 0 N–H and O–H groups in total. The second-order valence-corrected chi connectivity index (χ2v) is 7.11. The maximum atomic E-state index is 6.33. The average molecular weight is 366 g/mol. The molecule has 2 aromatic heterocycles. The Kier molecular flexibility index (Phi) is 4.34. The van der Waals surface area contributed by atoms with Crippen molar-refractivity contribution in [2.45, 2.75) is 20.0 Å². The molecule has 5 nitrogen and oxygen atoms in total. The Hall–Kier alpha value is -2.50. The van der Waals surface area contributed by atoms with E-state index in [9.17, 15) is 0 Å². The van der Waals surface area contributed by atoms with Crippen LogP contribution in [0, 0.1) is 6.92 Å². The molecule has 0 radical (unpaired) electrons. The summed E-state index contributed by atoms with van der Waals surface area (Å²) in [7, 11) is 4.10. The Bertz CT molecular complexity index is 989. The van der Waals surface area contributed by atoms with Crippen LogP contribution in [-0.2, 0) is 13.1 Å². The van der Waals surface area contributed by atoms with E-state index in [-0.39, 0.29) is 0 Å². The van der Waals surface area contributed by atoms with E-state index in [4.69, 9.17) is 21.6 Å². The molecule has 3 aromatic rings. The van der Waals surface area contributed by atoms with Crippen LogP contribution in [0.4, 0.5) is 0 Å². The maximum absolute atomic E-state index is 6.33. The highest BCUT2D eigenvalue weighted by Gasteiger charge is 2.24. The van der Waals surface area contributed by atoms with Gasteiger partial charge in [-0.2, -0.15) is 0 Å². The van der Waals surface area contributed by atoms with Gasteiger partial charge in [0.15, 0.2) is 0 Å². The Balaban J connectivity index is 1.97. The summed E-state index contributed by atoms with van der Waals surface area (Å²) in [5.41, 5.74) is 5.85. The van der Waals surface area contributed by atoms with Crippen molar-refractivity contribution in [1.29, 1.82) is 0 Å². The number of pyridine rings is 1. The number of halogens is 1. The van der Waals surface area contributed by atoms with Gasteiger partial charge < -0.3 is 4.90 Å². The highest BCUT2D eigenvalue weighted by atomic mass is 35.5. The normalized spacial score (nSPS) is 13.2. The Morgan fingerprint density at radius 2 is 2.04 bits per heavy atom. The molecular weight excluding hydrogens is 346 g/mol. The molecule has 0 fully saturated rings. The minimum absolute atomic E-state index is 0.560. The van der Waals surface area contributed by atoms with E-state index in [1.807, 2.05) is 57.4 Å². The zero-order valence-electron chi connectivity index (χ0n) is 15.1. The zero-order valence-corrected chi connectivity index (χ0v) is 15.8. The first-order chi connectivity index (χ1) is 12.5. The van der Waals surface area contributed by atoms with Crippen LogP contribution in [0.15, 0.2) is 47.6 Å². The molecule has 0 aliphatic carbocycles. The third-order valence-electron chi connectivity index (χ3n) is 4.45. The quantitative estimate of drug-likeness (QED) is 0.711. The standard InChI is InChI=1S/C20H20ClN5/c1-13-18-11-23-20(16-6-4-5-9-22-16)15-10-14(21)7-8-17(15)26(18)19(24-13)12-25(2)3/h4-10H,11-12H2,1-3H3. The lowest BCUT2D eigenvalue weighted by atomic mass is 10.0. The highest BCUT2D eigenvalue weighted by Crippen LogP contribution is 2.30. The number of aliphatic imine (C=N–C) groups is 1. The van der Waals surface area contributed by atoms with Gasteiger partial charge in [0.05, 0.1) is 41.6 Å². The number of aromatic nitrogens is 3. The van der Waals surface area contributed by atoms with Crippen molar-refractivity contribution >= 4 is 17.3 Å². The number of aryl methyl sites for hydroxylation is 1. The second kappa shape index (κ2) is 6.67. The lowest BCUT2D eigenvalue weighted by Crippen LogP contribution is -2.16. The second-order valence-electron chi connectivity index (χ2n) is 6.67. The predicted octanol–water partition coefficient (Wildman–Crippen LogP) is 3.64. The third kappa shape index (κ3) is 2.93. The first-order valence-corrected chi connectivity index (χ1v) is 8.90. The first-order valence-electron chi connectivity index (χ1n) is 8.52. The van der Waals surface area contributed by atoms with Crippen LogP contribution in [0.5, 0.6) is 0 Å². The van der Waals surface area contributed by atoms with Crippen LogP contribution in [-0.4, -0.2) is 39.2 Å². The Labute approximate surface area is 158 Å². The van der Waals surface area contributed by atoms with Crippen LogP contribution >= 0.6 is 11.6 Å². The van der Waals surface area contributed by atoms with Crippen molar-refractivity contribution in [1.82, 2.24) is 19.4 Å². The molecule has 0 saturated heterocycles. The smallest absolute Gasteiger partial charge is 0.128 e. The molecule has 0 atom stereocenters. The molecule has 0 unspecified atom stereocenters. The number of nitrogens with zero attached hydrogens (tertiary/aromatic N) is 5. The van der Waals surface area contributed by atoms with Gasteiger partial charge in [0, 0.05) is 16.8 Å². The van der Waals surface area contributed by atoms with Crippen molar-refractivity contribution in [3.8, 4) is 5.69 Å². The van der Waals surface area contributed by atoms with Crippen molar-refractivity contribution < 1.29 is 0 Å². The van der Waals surface area contributed by atoms with Crippen LogP contribution in [0.25, 0.3) is 5.69 Å². The molecule has 26 heavy (non-hydrogen) atoms. The van der Waals surface area contributed by atoms with E-state index in [1.54, 1.807) is 6.20 Å². The van der Waals surface area contributed by atoms with Crippen LogP contribution in [0.3, 0.4) is 0 Å². The van der Waals surface area contributed by atoms with Crippen LogP contribution in [0.1, 0.15) is 28.5 Å². The van der Waals surface area contributed by atoms with Crippen molar-refractivity contribution in [2.75, 3.05) is 14.1 Å². The first kappa shape index (κ1) is 16.9. The van der Waals surface area contributed by atoms with Gasteiger partial charge >= 0.3 is 0 Å². The van der Waals surface area contributed by atoms with Crippen molar-refractivity contribution in [3.63, 3.8) is 0 Å².